The molecule has 0 aliphatic carbocycles. The highest BCUT2D eigenvalue weighted by molar-refractivity contribution is 9.10. The van der Waals surface area contributed by atoms with E-state index in [1.807, 2.05) is 30.8 Å². The summed E-state index contributed by atoms with van der Waals surface area (Å²) in [5.41, 5.74) is 8.02. The van der Waals surface area contributed by atoms with Crippen molar-refractivity contribution < 1.29 is 4.79 Å². The van der Waals surface area contributed by atoms with Crippen molar-refractivity contribution in [2.45, 2.75) is 31.4 Å². The van der Waals surface area contributed by atoms with Crippen molar-refractivity contribution in [2.24, 2.45) is 0 Å². The molecule has 1 atom stereocenters. The summed E-state index contributed by atoms with van der Waals surface area (Å²) in [6.07, 6.45) is 2.40. The third kappa shape index (κ3) is 3.45. The van der Waals surface area contributed by atoms with E-state index in [1.165, 1.54) is 12.2 Å². The van der Waals surface area contributed by atoms with Gasteiger partial charge in [-0.05, 0) is 50.1 Å². The van der Waals surface area contributed by atoms with Crippen LogP contribution in [0.15, 0.2) is 16.6 Å². The lowest BCUT2D eigenvalue weighted by atomic mass is 10.0. The topological polar surface area (TPSA) is 55.1 Å². The summed E-state index contributed by atoms with van der Waals surface area (Å²) in [5.74, 6) is 1.15. The Kier molecular flexibility index (Phi) is 4.46. The smallest absolute Gasteiger partial charge is 0.251 e. The Labute approximate surface area is 126 Å². The van der Waals surface area contributed by atoms with Gasteiger partial charge in [-0.15, -0.1) is 0 Å². The minimum atomic E-state index is -0.0424. The largest absolute Gasteiger partial charge is 0.398 e. The molecule has 19 heavy (non-hydrogen) atoms. The van der Waals surface area contributed by atoms with Gasteiger partial charge in [0.2, 0.25) is 0 Å². The zero-order chi connectivity index (χ0) is 14.0. The molecule has 0 radical (unpaired) electrons. The molecular formula is C14H19BrN2OS. The Balaban J connectivity index is 2.08. The van der Waals surface area contributed by atoms with Crippen LogP contribution in [0.2, 0.25) is 0 Å². The van der Waals surface area contributed by atoms with Crippen LogP contribution in [-0.4, -0.2) is 23.0 Å². The van der Waals surface area contributed by atoms with Crippen LogP contribution >= 0.6 is 27.7 Å². The minimum Gasteiger partial charge on any atom is -0.398 e. The number of rotatable bonds is 3. The van der Waals surface area contributed by atoms with Gasteiger partial charge >= 0.3 is 0 Å². The summed E-state index contributed by atoms with van der Waals surface area (Å²) < 4.78 is 1.02. The summed E-state index contributed by atoms with van der Waals surface area (Å²) >= 11 is 5.32. The molecule has 1 saturated heterocycles. The number of nitrogens with one attached hydrogen (secondary N) is 1. The molecule has 3 N–H and O–H groups in total. The molecule has 3 nitrogen and oxygen atoms in total. The lowest BCUT2D eigenvalue weighted by Crippen LogP contribution is -2.37. The van der Waals surface area contributed by atoms with E-state index in [-0.39, 0.29) is 10.7 Å². The van der Waals surface area contributed by atoms with E-state index < -0.39 is 0 Å². The molecule has 0 spiro atoms. The second kappa shape index (κ2) is 5.75. The third-order valence-corrected chi connectivity index (χ3v) is 5.58. The van der Waals surface area contributed by atoms with Crippen LogP contribution in [0.25, 0.3) is 0 Å². The van der Waals surface area contributed by atoms with Crippen LogP contribution in [0.1, 0.15) is 35.7 Å². The molecule has 0 saturated carbocycles. The van der Waals surface area contributed by atoms with Gasteiger partial charge < -0.3 is 11.1 Å². The first-order valence-electron chi connectivity index (χ1n) is 6.39. The molecule has 1 fully saturated rings. The average molecular weight is 343 g/mol. The van der Waals surface area contributed by atoms with E-state index in [0.29, 0.717) is 17.8 Å². The molecule has 1 aromatic carbocycles. The highest BCUT2D eigenvalue weighted by Crippen LogP contribution is 2.37. The zero-order valence-corrected chi connectivity index (χ0v) is 13.7. The Morgan fingerprint density at radius 1 is 1.58 bits per heavy atom. The Morgan fingerprint density at radius 3 is 2.95 bits per heavy atom. The van der Waals surface area contributed by atoms with E-state index in [1.54, 1.807) is 0 Å². The fourth-order valence-electron chi connectivity index (χ4n) is 2.27. The van der Waals surface area contributed by atoms with Gasteiger partial charge in [-0.25, -0.2) is 0 Å². The molecule has 1 aliphatic heterocycles. The first kappa shape index (κ1) is 14.7. The fraction of sp³-hybridized carbons (Fsp3) is 0.500. The second-order valence-electron chi connectivity index (χ2n) is 5.25. The lowest BCUT2D eigenvalue weighted by Gasteiger charge is -2.23. The SMILES string of the molecule is Cc1c(N)cc(Br)cc1C(=O)NCC1(C)CCCS1. The Bertz CT molecular complexity index is 498. The van der Waals surface area contributed by atoms with E-state index in [2.05, 4.69) is 28.2 Å². The summed E-state index contributed by atoms with van der Waals surface area (Å²) in [6, 6.07) is 3.64. The van der Waals surface area contributed by atoms with Crippen molar-refractivity contribution in [1.82, 2.24) is 5.32 Å². The second-order valence-corrected chi connectivity index (χ2v) is 7.85. The van der Waals surface area contributed by atoms with Gasteiger partial charge in [0.15, 0.2) is 0 Å². The number of carbonyl (C=O) groups excluding carboxylic acids is 1. The molecule has 1 heterocycles. The molecule has 0 aromatic heterocycles. The number of halogens is 1. The van der Waals surface area contributed by atoms with Gasteiger partial charge in [-0.3, -0.25) is 4.79 Å². The molecule has 2 rings (SSSR count). The summed E-state index contributed by atoms with van der Waals surface area (Å²) in [4.78, 5) is 12.3. The van der Waals surface area contributed by atoms with E-state index in [9.17, 15) is 4.79 Å². The van der Waals surface area contributed by atoms with E-state index >= 15 is 0 Å². The number of thioether (sulfide) groups is 1. The summed E-state index contributed by atoms with van der Waals surface area (Å²) in [7, 11) is 0. The highest BCUT2D eigenvalue weighted by atomic mass is 79.9. The summed E-state index contributed by atoms with van der Waals surface area (Å²) in [5, 5.41) is 3.04. The predicted octanol–water partition coefficient (Wildman–Crippen LogP) is 3.36. The zero-order valence-electron chi connectivity index (χ0n) is 11.3. The van der Waals surface area contributed by atoms with Crippen LogP contribution in [0.5, 0.6) is 0 Å². The first-order chi connectivity index (χ1) is 8.91. The average Bonchev–Trinajstić information content (AvgIpc) is 2.78. The molecule has 1 aliphatic rings. The first-order valence-corrected chi connectivity index (χ1v) is 8.17. The van der Waals surface area contributed by atoms with Crippen LogP contribution < -0.4 is 11.1 Å². The normalized spacial score (nSPS) is 22.5. The number of carbonyl (C=O) groups is 1. The Hall–Kier alpha value is -0.680. The van der Waals surface area contributed by atoms with E-state index in [0.717, 1.165) is 16.5 Å². The number of benzene rings is 1. The van der Waals surface area contributed by atoms with Gasteiger partial charge in [0.05, 0.1) is 0 Å². The quantitative estimate of drug-likeness (QED) is 0.828. The maximum atomic E-state index is 12.3. The van der Waals surface area contributed by atoms with Gasteiger partial charge in [0, 0.05) is 27.0 Å². The standard InChI is InChI=1S/C14H19BrN2OS/c1-9-11(6-10(15)7-12(9)16)13(18)17-8-14(2)4-3-5-19-14/h6-7H,3-5,8,16H2,1-2H3,(H,17,18). The van der Waals surface area contributed by atoms with Gasteiger partial charge in [-0.1, -0.05) is 15.9 Å². The maximum Gasteiger partial charge on any atom is 0.251 e. The van der Waals surface area contributed by atoms with Crippen LogP contribution in [0, 0.1) is 6.92 Å². The summed E-state index contributed by atoms with van der Waals surface area (Å²) in [6.45, 7) is 4.80. The third-order valence-electron chi connectivity index (χ3n) is 3.58. The number of amides is 1. The van der Waals surface area contributed by atoms with Gasteiger partial charge in [0.1, 0.15) is 0 Å². The van der Waals surface area contributed by atoms with Crippen LogP contribution in [0.3, 0.4) is 0 Å². The number of nitrogens with two attached hydrogens (primary N) is 1. The maximum absolute atomic E-state index is 12.3. The molecule has 1 unspecified atom stereocenters. The van der Waals surface area contributed by atoms with Crippen molar-refractivity contribution in [1.29, 1.82) is 0 Å². The molecule has 5 heteroatoms. The number of nitrogen functional groups attached to an aromatic ring is 1. The molecule has 1 amide bonds. The lowest BCUT2D eigenvalue weighted by molar-refractivity contribution is 0.0949. The van der Waals surface area contributed by atoms with Gasteiger partial charge in [-0.2, -0.15) is 11.8 Å². The molecule has 1 aromatic rings. The van der Waals surface area contributed by atoms with Crippen LogP contribution in [0.4, 0.5) is 5.69 Å². The highest BCUT2D eigenvalue weighted by Gasteiger charge is 2.30. The van der Waals surface area contributed by atoms with Crippen molar-refractivity contribution in [3.05, 3.63) is 27.7 Å². The number of hydrogen-bond acceptors (Lipinski definition) is 3. The monoisotopic (exact) mass is 342 g/mol. The number of hydrogen-bond donors (Lipinski definition) is 2. The number of anilines is 1. The van der Waals surface area contributed by atoms with Crippen molar-refractivity contribution >= 4 is 39.3 Å². The Morgan fingerprint density at radius 2 is 2.32 bits per heavy atom. The molecule has 104 valence electrons. The van der Waals surface area contributed by atoms with Crippen LogP contribution in [-0.2, 0) is 0 Å². The van der Waals surface area contributed by atoms with Crippen molar-refractivity contribution in [2.75, 3.05) is 18.0 Å². The van der Waals surface area contributed by atoms with Gasteiger partial charge in [0.25, 0.3) is 5.91 Å². The predicted molar refractivity (Wildman–Crippen MR) is 85.7 cm³/mol. The molecule has 0 bridgehead atoms. The fourth-order valence-corrected chi connectivity index (χ4v) is 3.99. The minimum absolute atomic E-state index is 0.0424. The van der Waals surface area contributed by atoms with Crippen molar-refractivity contribution in [3.8, 4) is 0 Å². The molecular weight excluding hydrogens is 324 g/mol. The van der Waals surface area contributed by atoms with Crippen molar-refractivity contribution in [3.63, 3.8) is 0 Å². The van der Waals surface area contributed by atoms with E-state index in [4.69, 9.17) is 5.73 Å².